The van der Waals surface area contributed by atoms with Crippen LogP contribution in [0, 0.1) is 0 Å². The van der Waals surface area contributed by atoms with E-state index in [2.05, 4.69) is 25.2 Å². The van der Waals surface area contributed by atoms with E-state index in [0.717, 1.165) is 41.9 Å². The molecule has 2 rings (SSSR count). The number of methoxy groups -OCH3 is 1. The molecule has 1 N–H and O–H groups in total. The van der Waals surface area contributed by atoms with Crippen LogP contribution >= 0.6 is 0 Å². The van der Waals surface area contributed by atoms with E-state index < -0.39 is 0 Å². The van der Waals surface area contributed by atoms with Crippen molar-refractivity contribution >= 4 is 11.0 Å². The number of rotatable bonds is 9. The number of benzene rings is 1. The van der Waals surface area contributed by atoms with Gasteiger partial charge in [0.2, 0.25) is 0 Å². The normalized spacial score (nSPS) is 11.6. The number of furan rings is 1. The summed E-state index contributed by atoms with van der Waals surface area (Å²) in [6, 6.07) is 8.54. The minimum absolute atomic E-state index is 0.425. The van der Waals surface area contributed by atoms with E-state index in [4.69, 9.17) is 13.9 Å². The molecule has 0 unspecified atom stereocenters. The van der Waals surface area contributed by atoms with E-state index in [9.17, 15) is 0 Å². The van der Waals surface area contributed by atoms with Crippen molar-refractivity contribution in [2.45, 2.75) is 39.5 Å². The van der Waals surface area contributed by atoms with Crippen LogP contribution in [0.1, 0.15) is 31.6 Å². The van der Waals surface area contributed by atoms with Crippen molar-refractivity contribution in [3.05, 3.63) is 35.6 Å². The van der Waals surface area contributed by atoms with Gasteiger partial charge in [-0.15, -0.1) is 0 Å². The van der Waals surface area contributed by atoms with E-state index in [1.165, 1.54) is 0 Å². The second-order valence-electron chi connectivity index (χ2n) is 5.43. The number of para-hydroxylation sites is 1. The first-order valence-electron chi connectivity index (χ1n) is 7.51. The Morgan fingerprint density at radius 1 is 1.19 bits per heavy atom. The summed E-state index contributed by atoms with van der Waals surface area (Å²) in [5.41, 5.74) is 2.07. The molecule has 4 heteroatoms. The molecule has 0 aliphatic heterocycles. The Morgan fingerprint density at radius 3 is 2.76 bits per heavy atom. The molecule has 0 bridgehead atoms. The third kappa shape index (κ3) is 4.56. The molecule has 0 fully saturated rings. The average Bonchev–Trinajstić information content (AvgIpc) is 2.83. The van der Waals surface area contributed by atoms with Crippen LogP contribution in [0.4, 0.5) is 0 Å². The molecule has 0 saturated carbocycles. The molecule has 0 aliphatic carbocycles. The van der Waals surface area contributed by atoms with Gasteiger partial charge < -0.3 is 19.2 Å². The highest BCUT2D eigenvalue weighted by atomic mass is 16.5. The zero-order valence-electron chi connectivity index (χ0n) is 13.1. The Labute approximate surface area is 126 Å². The second-order valence-corrected chi connectivity index (χ2v) is 5.43. The van der Waals surface area contributed by atoms with Gasteiger partial charge in [0.15, 0.2) is 0 Å². The maximum absolute atomic E-state index is 5.96. The lowest BCUT2D eigenvalue weighted by molar-refractivity contribution is 0.0924. The number of ether oxygens (including phenoxy) is 2. The first kappa shape index (κ1) is 16.0. The van der Waals surface area contributed by atoms with Gasteiger partial charge in [-0.05, 0) is 12.5 Å². The minimum atomic E-state index is 0.425. The van der Waals surface area contributed by atoms with Crippen molar-refractivity contribution in [2.75, 3.05) is 20.3 Å². The molecule has 1 aromatic carbocycles. The van der Waals surface area contributed by atoms with Crippen LogP contribution in [0.15, 0.2) is 28.7 Å². The van der Waals surface area contributed by atoms with Gasteiger partial charge in [-0.1, -0.05) is 32.0 Å². The molecular weight excluding hydrogens is 266 g/mol. The van der Waals surface area contributed by atoms with Gasteiger partial charge in [-0.25, -0.2) is 0 Å². The van der Waals surface area contributed by atoms with Crippen LogP contribution in [-0.2, 0) is 22.6 Å². The van der Waals surface area contributed by atoms with Gasteiger partial charge in [-0.2, -0.15) is 0 Å². The Bertz CT molecular complexity index is 548. The Balaban J connectivity index is 2.08. The first-order chi connectivity index (χ1) is 10.2. The maximum Gasteiger partial charge on any atom is 0.134 e. The van der Waals surface area contributed by atoms with Crippen molar-refractivity contribution in [1.29, 1.82) is 0 Å². The average molecular weight is 291 g/mol. The predicted octanol–water partition coefficient (Wildman–Crippen LogP) is 3.48. The minimum Gasteiger partial charge on any atom is -0.459 e. The van der Waals surface area contributed by atoms with E-state index in [1.54, 1.807) is 7.11 Å². The van der Waals surface area contributed by atoms with E-state index in [0.29, 0.717) is 19.3 Å². The first-order valence-corrected chi connectivity index (χ1v) is 7.51. The monoisotopic (exact) mass is 291 g/mol. The molecule has 0 spiro atoms. The van der Waals surface area contributed by atoms with Crippen molar-refractivity contribution in [2.24, 2.45) is 0 Å². The lowest BCUT2D eigenvalue weighted by Crippen LogP contribution is -2.22. The molecule has 1 aromatic heterocycles. The van der Waals surface area contributed by atoms with Gasteiger partial charge in [0.05, 0.1) is 13.2 Å². The largest absolute Gasteiger partial charge is 0.459 e. The number of nitrogens with one attached hydrogen (secondary N) is 1. The molecule has 21 heavy (non-hydrogen) atoms. The van der Waals surface area contributed by atoms with Gasteiger partial charge in [0.1, 0.15) is 11.3 Å². The summed E-state index contributed by atoms with van der Waals surface area (Å²) in [5, 5.41) is 4.55. The number of hydrogen-bond donors (Lipinski definition) is 1. The van der Waals surface area contributed by atoms with E-state index in [-0.39, 0.29) is 0 Å². The van der Waals surface area contributed by atoms with Crippen molar-refractivity contribution < 1.29 is 13.9 Å². The van der Waals surface area contributed by atoms with Crippen LogP contribution in [0.3, 0.4) is 0 Å². The van der Waals surface area contributed by atoms with Crippen LogP contribution in [0.2, 0.25) is 0 Å². The molecule has 1 heterocycles. The molecule has 4 nitrogen and oxygen atoms in total. The molecule has 0 radical (unpaired) electrons. The zero-order chi connectivity index (χ0) is 15.1. The number of hydrogen-bond acceptors (Lipinski definition) is 4. The van der Waals surface area contributed by atoms with E-state index >= 15 is 0 Å². The summed E-state index contributed by atoms with van der Waals surface area (Å²) >= 11 is 0. The molecule has 0 aliphatic rings. The fourth-order valence-corrected chi connectivity index (χ4v) is 2.23. The SMILES string of the molecule is COCCCOCc1c(CNC(C)C)oc2ccccc12. The maximum atomic E-state index is 5.96. The summed E-state index contributed by atoms with van der Waals surface area (Å²) in [7, 11) is 1.71. The fraction of sp³-hybridized carbons (Fsp3) is 0.529. The topological polar surface area (TPSA) is 43.6 Å². The zero-order valence-corrected chi connectivity index (χ0v) is 13.1. The Morgan fingerprint density at radius 2 is 2.00 bits per heavy atom. The second kappa shape index (κ2) is 8.17. The van der Waals surface area contributed by atoms with Gasteiger partial charge in [-0.3, -0.25) is 0 Å². The molecular formula is C17H25NO3. The lowest BCUT2D eigenvalue weighted by atomic mass is 10.1. The molecule has 2 aromatic rings. The van der Waals surface area contributed by atoms with Crippen LogP contribution in [0.25, 0.3) is 11.0 Å². The molecule has 0 atom stereocenters. The molecule has 0 amide bonds. The van der Waals surface area contributed by atoms with Gasteiger partial charge >= 0.3 is 0 Å². The summed E-state index contributed by atoms with van der Waals surface area (Å²) in [6.07, 6.45) is 0.909. The highest BCUT2D eigenvalue weighted by Crippen LogP contribution is 2.26. The molecule has 116 valence electrons. The highest BCUT2D eigenvalue weighted by molar-refractivity contribution is 5.82. The number of fused-ring (bicyclic) bond motifs is 1. The third-order valence-electron chi connectivity index (χ3n) is 3.34. The van der Waals surface area contributed by atoms with E-state index in [1.807, 2.05) is 18.2 Å². The van der Waals surface area contributed by atoms with Crippen molar-refractivity contribution in [1.82, 2.24) is 5.32 Å². The smallest absolute Gasteiger partial charge is 0.134 e. The standard InChI is InChI=1S/C17H25NO3/c1-13(2)18-11-17-15(12-20-10-6-9-19-3)14-7-4-5-8-16(14)21-17/h4-5,7-8,13,18H,6,9-12H2,1-3H3. The fourth-order valence-electron chi connectivity index (χ4n) is 2.23. The van der Waals surface area contributed by atoms with Crippen LogP contribution < -0.4 is 5.32 Å². The van der Waals surface area contributed by atoms with Crippen molar-refractivity contribution in [3.63, 3.8) is 0 Å². The van der Waals surface area contributed by atoms with Crippen molar-refractivity contribution in [3.8, 4) is 0 Å². The summed E-state index contributed by atoms with van der Waals surface area (Å²) in [4.78, 5) is 0. The third-order valence-corrected chi connectivity index (χ3v) is 3.34. The van der Waals surface area contributed by atoms with Crippen LogP contribution in [0.5, 0.6) is 0 Å². The Kier molecular flexibility index (Phi) is 6.23. The quantitative estimate of drug-likeness (QED) is 0.718. The van der Waals surface area contributed by atoms with Crippen LogP contribution in [-0.4, -0.2) is 26.4 Å². The summed E-state index contributed by atoms with van der Waals surface area (Å²) < 4.78 is 16.8. The van der Waals surface area contributed by atoms with Gasteiger partial charge in [0.25, 0.3) is 0 Å². The Hall–Kier alpha value is -1.36. The summed E-state index contributed by atoms with van der Waals surface area (Å²) in [5.74, 6) is 0.969. The molecule has 0 saturated heterocycles. The lowest BCUT2D eigenvalue weighted by Gasteiger charge is -2.08. The summed E-state index contributed by atoms with van der Waals surface area (Å²) in [6.45, 7) is 6.99. The highest BCUT2D eigenvalue weighted by Gasteiger charge is 2.14. The van der Waals surface area contributed by atoms with Gasteiger partial charge in [0, 0.05) is 37.3 Å². The predicted molar refractivity (Wildman–Crippen MR) is 84.3 cm³/mol.